The molecule has 1 aromatic heterocycles. The van der Waals surface area contributed by atoms with Gasteiger partial charge in [0.25, 0.3) is 0 Å². The molecule has 0 radical (unpaired) electrons. The summed E-state index contributed by atoms with van der Waals surface area (Å²) in [4.78, 5) is 20.6. The SMILES string of the molecule is CNc1ncnc(N(C)C2CCCC2)c1[N+](=O)[O-]. The van der Waals surface area contributed by atoms with Crippen molar-refractivity contribution in [1.82, 2.24) is 9.97 Å². The molecule has 18 heavy (non-hydrogen) atoms. The fourth-order valence-corrected chi connectivity index (χ4v) is 2.44. The second-order valence-corrected chi connectivity index (χ2v) is 4.45. The first kappa shape index (κ1) is 12.5. The van der Waals surface area contributed by atoms with Gasteiger partial charge in [-0.1, -0.05) is 12.8 Å². The predicted octanol–water partition coefficient (Wildman–Crippen LogP) is 1.81. The second-order valence-electron chi connectivity index (χ2n) is 4.45. The third-order valence-electron chi connectivity index (χ3n) is 3.43. The highest BCUT2D eigenvalue weighted by Gasteiger charge is 2.29. The topological polar surface area (TPSA) is 84.2 Å². The van der Waals surface area contributed by atoms with Gasteiger partial charge in [0.1, 0.15) is 6.33 Å². The van der Waals surface area contributed by atoms with E-state index in [0.29, 0.717) is 11.9 Å². The monoisotopic (exact) mass is 251 g/mol. The van der Waals surface area contributed by atoms with Crippen LogP contribution < -0.4 is 10.2 Å². The molecule has 0 saturated heterocycles. The maximum atomic E-state index is 11.2. The van der Waals surface area contributed by atoms with E-state index in [1.54, 1.807) is 7.05 Å². The van der Waals surface area contributed by atoms with Gasteiger partial charge < -0.3 is 10.2 Å². The zero-order chi connectivity index (χ0) is 13.1. The van der Waals surface area contributed by atoms with Crippen LogP contribution in [0.1, 0.15) is 25.7 Å². The van der Waals surface area contributed by atoms with E-state index < -0.39 is 4.92 Å². The van der Waals surface area contributed by atoms with Gasteiger partial charge in [-0.15, -0.1) is 0 Å². The maximum absolute atomic E-state index is 11.2. The Labute approximate surface area is 105 Å². The van der Waals surface area contributed by atoms with Gasteiger partial charge in [0.05, 0.1) is 4.92 Å². The lowest BCUT2D eigenvalue weighted by atomic mass is 10.2. The molecule has 1 aromatic rings. The summed E-state index contributed by atoms with van der Waals surface area (Å²) < 4.78 is 0. The number of rotatable bonds is 4. The van der Waals surface area contributed by atoms with E-state index in [-0.39, 0.29) is 11.5 Å². The van der Waals surface area contributed by atoms with Crippen molar-refractivity contribution in [2.24, 2.45) is 0 Å². The largest absolute Gasteiger partial charge is 0.367 e. The van der Waals surface area contributed by atoms with Crippen molar-refractivity contribution in [3.8, 4) is 0 Å². The molecule has 2 rings (SSSR count). The average molecular weight is 251 g/mol. The highest BCUT2D eigenvalue weighted by molar-refractivity contribution is 5.70. The molecule has 7 heteroatoms. The Hall–Kier alpha value is -1.92. The first-order valence-electron chi connectivity index (χ1n) is 6.05. The molecule has 7 nitrogen and oxygen atoms in total. The van der Waals surface area contributed by atoms with Crippen molar-refractivity contribution in [3.63, 3.8) is 0 Å². The van der Waals surface area contributed by atoms with Crippen molar-refractivity contribution >= 4 is 17.3 Å². The van der Waals surface area contributed by atoms with Gasteiger partial charge in [0.2, 0.25) is 11.6 Å². The Bertz CT molecular complexity index is 445. The normalized spacial score (nSPS) is 15.7. The van der Waals surface area contributed by atoms with Crippen LogP contribution >= 0.6 is 0 Å². The molecule has 0 unspecified atom stereocenters. The minimum Gasteiger partial charge on any atom is -0.367 e. The summed E-state index contributed by atoms with van der Waals surface area (Å²) in [5.74, 6) is 0.654. The zero-order valence-corrected chi connectivity index (χ0v) is 10.6. The van der Waals surface area contributed by atoms with E-state index >= 15 is 0 Å². The van der Waals surface area contributed by atoms with Gasteiger partial charge >= 0.3 is 5.69 Å². The standard InChI is InChI=1S/C11H17N5O2/c1-12-10-9(16(17)18)11(14-7-13-10)15(2)8-5-3-4-6-8/h7-8H,3-6H2,1-2H3,(H,12,13,14). The van der Waals surface area contributed by atoms with Crippen LogP contribution in [0.5, 0.6) is 0 Å². The fourth-order valence-electron chi connectivity index (χ4n) is 2.44. The van der Waals surface area contributed by atoms with Gasteiger partial charge in [0.15, 0.2) is 0 Å². The van der Waals surface area contributed by atoms with Crippen LogP contribution in [0.15, 0.2) is 6.33 Å². The number of nitro groups is 1. The maximum Gasteiger partial charge on any atom is 0.353 e. The third kappa shape index (κ3) is 2.20. The summed E-state index contributed by atoms with van der Waals surface area (Å²) >= 11 is 0. The molecule has 1 aliphatic rings. The number of anilines is 2. The molecule has 0 spiro atoms. The molecule has 0 atom stereocenters. The Kier molecular flexibility index (Phi) is 3.59. The first-order valence-corrected chi connectivity index (χ1v) is 6.05. The van der Waals surface area contributed by atoms with Crippen LogP contribution in [0.4, 0.5) is 17.3 Å². The average Bonchev–Trinajstić information content (AvgIpc) is 2.90. The summed E-state index contributed by atoms with van der Waals surface area (Å²) in [6, 6.07) is 0.336. The Balaban J connectivity index is 2.39. The minimum atomic E-state index is -0.424. The third-order valence-corrected chi connectivity index (χ3v) is 3.43. The van der Waals surface area contributed by atoms with Crippen molar-refractivity contribution in [1.29, 1.82) is 0 Å². The van der Waals surface area contributed by atoms with Gasteiger partial charge in [-0.25, -0.2) is 9.97 Å². The van der Waals surface area contributed by atoms with Crippen molar-refractivity contribution in [3.05, 3.63) is 16.4 Å². The lowest BCUT2D eigenvalue weighted by Gasteiger charge is -2.25. The first-order chi connectivity index (χ1) is 8.65. The van der Waals surface area contributed by atoms with E-state index in [2.05, 4.69) is 15.3 Å². The van der Waals surface area contributed by atoms with Crippen LogP contribution in [0.25, 0.3) is 0 Å². The highest BCUT2D eigenvalue weighted by atomic mass is 16.6. The van der Waals surface area contributed by atoms with Crippen LogP contribution in [-0.2, 0) is 0 Å². The number of hydrogen-bond acceptors (Lipinski definition) is 6. The Morgan fingerprint density at radius 1 is 1.44 bits per heavy atom. The quantitative estimate of drug-likeness (QED) is 0.649. The van der Waals surface area contributed by atoms with E-state index in [1.165, 1.54) is 19.2 Å². The van der Waals surface area contributed by atoms with Gasteiger partial charge in [0, 0.05) is 20.1 Å². The van der Waals surface area contributed by atoms with Crippen LogP contribution in [0.2, 0.25) is 0 Å². The summed E-state index contributed by atoms with van der Waals surface area (Å²) in [5, 5.41) is 13.9. The van der Waals surface area contributed by atoms with Crippen LogP contribution in [0.3, 0.4) is 0 Å². The zero-order valence-electron chi connectivity index (χ0n) is 10.6. The Morgan fingerprint density at radius 3 is 2.67 bits per heavy atom. The lowest BCUT2D eigenvalue weighted by molar-refractivity contribution is -0.383. The van der Waals surface area contributed by atoms with Crippen LogP contribution in [0, 0.1) is 10.1 Å². The molecule has 1 N–H and O–H groups in total. The van der Waals surface area contributed by atoms with Gasteiger partial charge in [-0.05, 0) is 12.8 Å². The Morgan fingerprint density at radius 2 is 2.11 bits per heavy atom. The van der Waals surface area contributed by atoms with Crippen molar-refractivity contribution < 1.29 is 4.92 Å². The van der Waals surface area contributed by atoms with Gasteiger partial charge in [-0.3, -0.25) is 10.1 Å². The molecule has 0 aromatic carbocycles. The van der Waals surface area contributed by atoms with E-state index in [0.717, 1.165) is 12.8 Å². The molecule has 1 aliphatic carbocycles. The molecule has 1 saturated carbocycles. The number of nitrogens with one attached hydrogen (secondary N) is 1. The van der Waals surface area contributed by atoms with E-state index in [4.69, 9.17) is 0 Å². The number of nitrogens with zero attached hydrogens (tertiary/aromatic N) is 4. The molecule has 1 fully saturated rings. The van der Waals surface area contributed by atoms with Gasteiger partial charge in [-0.2, -0.15) is 0 Å². The van der Waals surface area contributed by atoms with Crippen molar-refractivity contribution in [2.45, 2.75) is 31.7 Å². The molecular weight excluding hydrogens is 234 g/mol. The highest BCUT2D eigenvalue weighted by Crippen LogP contribution is 2.34. The second kappa shape index (κ2) is 5.16. The van der Waals surface area contributed by atoms with E-state index in [1.807, 2.05) is 11.9 Å². The number of aromatic nitrogens is 2. The summed E-state index contributed by atoms with van der Waals surface area (Å²) in [5.41, 5.74) is -0.0469. The van der Waals surface area contributed by atoms with Crippen LogP contribution in [-0.4, -0.2) is 35.0 Å². The molecule has 0 bridgehead atoms. The van der Waals surface area contributed by atoms with E-state index in [9.17, 15) is 10.1 Å². The fraction of sp³-hybridized carbons (Fsp3) is 0.636. The lowest BCUT2D eigenvalue weighted by Crippen LogP contribution is -2.30. The summed E-state index contributed by atoms with van der Waals surface area (Å²) in [6.07, 6.45) is 5.83. The molecule has 0 aliphatic heterocycles. The smallest absolute Gasteiger partial charge is 0.353 e. The number of hydrogen-bond donors (Lipinski definition) is 1. The molecule has 98 valence electrons. The molecule has 1 heterocycles. The molecular formula is C11H17N5O2. The minimum absolute atomic E-state index is 0.0469. The molecule has 0 amide bonds. The van der Waals surface area contributed by atoms with Crippen molar-refractivity contribution in [2.75, 3.05) is 24.3 Å². The summed E-state index contributed by atoms with van der Waals surface area (Å²) in [6.45, 7) is 0. The predicted molar refractivity (Wildman–Crippen MR) is 68.9 cm³/mol. The summed E-state index contributed by atoms with van der Waals surface area (Å²) in [7, 11) is 3.49.